The van der Waals surface area contributed by atoms with Crippen LogP contribution in [0.15, 0.2) is 42.7 Å². The Hall–Kier alpha value is -1.58. The van der Waals surface area contributed by atoms with Gasteiger partial charge in [-0.25, -0.2) is 0 Å². The quantitative estimate of drug-likeness (QED) is 0.856. The molecule has 1 fully saturated rings. The molecule has 3 rings (SSSR count). The molecule has 20 heavy (non-hydrogen) atoms. The van der Waals surface area contributed by atoms with Crippen LogP contribution in [-0.4, -0.2) is 15.9 Å². The molecule has 1 heterocycles. The number of benzene rings is 1. The molecule has 1 aromatic heterocycles. The molecule has 0 spiro atoms. The molecular weight excluding hydrogens is 270 g/mol. The zero-order valence-electron chi connectivity index (χ0n) is 11.3. The minimum Gasteiger partial charge on any atom is -0.398 e. The summed E-state index contributed by atoms with van der Waals surface area (Å²) in [7, 11) is 0. The fraction of sp³-hybridized carbons (Fsp3) is 0.312. The topological polar surface area (TPSA) is 42.1 Å². The number of para-hydroxylation sites is 1. The van der Waals surface area contributed by atoms with Crippen molar-refractivity contribution in [3.05, 3.63) is 58.9 Å². The summed E-state index contributed by atoms with van der Waals surface area (Å²) in [6.45, 7) is 1.72. The second-order valence-electron chi connectivity index (χ2n) is 5.30. The Bertz CT molecular complexity index is 548. The Morgan fingerprint density at radius 2 is 1.90 bits per heavy atom. The van der Waals surface area contributed by atoms with Crippen molar-refractivity contribution in [2.24, 2.45) is 0 Å². The summed E-state index contributed by atoms with van der Waals surface area (Å²) in [4.78, 5) is 6.49. The van der Waals surface area contributed by atoms with E-state index in [1.54, 1.807) is 12.4 Å². The number of nitrogens with two attached hydrogens (primary N) is 1. The molecule has 0 saturated heterocycles. The van der Waals surface area contributed by atoms with Crippen molar-refractivity contribution in [3.63, 3.8) is 0 Å². The number of nitrogens with zero attached hydrogens (tertiary/aromatic N) is 2. The lowest BCUT2D eigenvalue weighted by Crippen LogP contribution is -2.25. The number of pyridine rings is 1. The highest BCUT2D eigenvalue weighted by Gasteiger charge is 2.29. The maximum absolute atomic E-state index is 6.21. The van der Waals surface area contributed by atoms with E-state index in [1.807, 2.05) is 24.3 Å². The van der Waals surface area contributed by atoms with E-state index in [0.717, 1.165) is 29.4 Å². The number of nitrogen functional groups attached to an aromatic ring is 1. The first-order valence-corrected chi connectivity index (χ1v) is 7.27. The Morgan fingerprint density at radius 1 is 1.15 bits per heavy atom. The zero-order chi connectivity index (χ0) is 13.9. The molecule has 1 aromatic carbocycles. The fourth-order valence-electron chi connectivity index (χ4n) is 2.40. The number of hydrogen-bond donors (Lipinski definition) is 1. The summed E-state index contributed by atoms with van der Waals surface area (Å²) in [5, 5.41) is 0.735. The van der Waals surface area contributed by atoms with Crippen molar-refractivity contribution < 1.29 is 0 Å². The standard InChI is InChI=1S/C16H18ClN3/c17-15-9-19-8-7-12(15)10-20(14-5-6-14)11-13-3-1-2-4-16(13)18/h1-4,7-9,14H,5-6,10-11,18H2. The Labute approximate surface area is 124 Å². The normalized spacial score (nSPS) is 14.7. The van der Waals surface area contributed by atoms with Crippen LogP contribution in [0.2, 0.25) is 5.02 Å². The first kappa shape index (κ1) is 13.4. The molecule has 0 aliphatic heterocycles. The van der Waals surface area contributed by atoms with Crippen LogP contribution in [0.4, 0.5) is 5.69 Å². The van der Waals surface area contributed by atoms with Crippen molar-refractivity contribution in [1.82, 2.24) is 9.88 Å². The van der Waals surface area contributed by atoms with Crippen LogP contribution in [0, 0.1) is 0 Å². The van der Waals surface area contributed by atoms with Crippen molar-refractivity contribution >= 4 is 17.3 Å². The lowest BCUT2D eigenvalue weighted by atomic mass is 10.1. The maximum atomic E-state index is 6.21. The summed E-state index contributed by atoms with van der Waals surface area (Å²) in [5.41, 5.74) is 9.22. The number of hydrogen-bond acceptors (Lipinski definition) is 3. The molecule has 1 saturated carbocycles. The lowest BCUT2D eigenvalue weighted by molar-refractivity contribution is 0.246. The van der Waals surface area contributed by atoms with Gasteiger partial charge >= 0.3 is 0 Å². The molecule has 104 valence electrons. The predicted octanol–water partition coefficient (Wildman–Crippen LogP) is 3.48. The van der Waals surface area contributed by atoms with Crippen LogP contribution in [0.5, 0.6) is 0 Å². The molecule has 2 N–H and O–H groups in total. The van der Waals surface area contributed by atoms with Gasteiger partial charge in [-0.15, -0.1) is 0 Å². The zero-order valence-corrected chi connectivity index (χ0v) is 12.1. The fourth-order valence-corrected chi connectivity index (χ4v) is 2.58. The molecule has 1 aliphatic carbocycles. The predicted molar refractivity (Wildman–Crippen MR) is 82.4 cm³/mol. The third-order valence-electron chi connectivity index (χ3n) is 3.72. The van der Waals surface area contributed by atoms with E-state index in [0.29, 0.717) is 6.04 Å². The summed E-state index contributed by atoms with van der Waals surface area (Å²) in [6.07, 6.45) is 6.02. The SMILES string of the molecule is Nc1ccccc1CN(Cc1ccncc1Cl)C1CC1. The molecule has 2 aromatic rings. The Morgan fingerprint density at radius 3 is 2.60 bits per heavy atom. The van der Waals surface area contributed by atoms with Gasteiger partial charge in [0.2, 0.25) is 0 Å². The second-order valence-corrected chi connectivity index (χ2v) is 5.71. The monoisotopic (exact) mass is 287 g/mol. The summed E-state index contributed by atoms with van der Waals surface area (Å²) in [5.74, 6) is 0. The Balaban J connectivity index is 1.77. The van der Waals surface area contributed by atoms with Crippen LogP contribution < -0.4 is 5.73 Å². The first-order chi connectivity index (χ1) is 9.74. The second kappa shape index (κ2) is 5.81. The van der Waals surface area contributed by atoms with Crippen LogP contribution in [0.1, 0.15) is 24.0 Å². The van der Waals surface area contributed by atoms with Gasteiger partial charge in [0.1, 0.15) is 0 Å². The van der Waals surface area contributed by atoms with Crippen LogP contribution in [0.25, 0.3) is 0 Å². The van der Waals surface area contributed by atoms with Gasteiger partial charge in [-0.05, 0) is 36.1 Å². The molecule has 0 atom stereocenters. The van der Waals surface area contributed by atoms with Crippen molar-refractivity contribution in [2.45, 2.75) is 32.0 Å². The molecule has 0 radical (unpaired) electrons. The minimum absolute atomic E-state index is 0.652. The van der Waals surface area contributed by atoms with E-state index in [-0.39, 0.29) is 0 Å². The van der Waals surface area contributed by atoms with Gasteiger partial charge in [-0.3, -0.25) is 9.88 Å². The van der Waals surface area contributed by atoms with Gasteiger partial charge in [0, 0.05) is 37.2 Å². The largest absolute Gasteiger partial charge is 0.398 e. The van der Waals surface area contributed by atoms with E-state index in [4.69, 9.17) is 17.3 Å². The minimum atomic E-state index is 0.652. The van der Waals surface area contributed by atoms with Crippen LogP contribution in [0.3, 0.4) is 0 Å². The van der Waals surface area contributed by atoms with E-state index in [1.165, 1.54) is 18.4 Å². The highest BCUT2D eigenvalue weighted by molar-refractivity contribution is 6.31. The van der Waals surface area contributed by atoms with Crippen LogP contribution in [-0.2, 0) is 13.1 Å². The van der Waals surface area contributed by atoms with Crippen molar-refractivity contribution in [1.29, 1.82) is 0 Å². The van der Waals surface area contributed by atoms with Gasteiger partial charge in [0.25, 0.3) is 0 Å². The maximum Gasteiger partial charge on any atom is 0.0634 e. The summed E-state index contributed by atoms with van der Waals surface area (Å²) >= 11 is 6.21. The van der Waals surface area contributed by atoms with Gasteiger partial charge in [0.15, 0.2) is 0 Å². The van der Waals surface area contributed by atoms with E-state index in [2.05, 4.69) is 16.0 Å². The third kappa shape index (κ3) is 3.11. The molecule has 4 heteroatoms. The third-order valence-corrected chi connectivity index (χ3v) is 4.06. The Kier molecular flexibility index (Phi) is 3.90. The molecule has 0 bridgehead atoms. The lowest BCUT2D eigenvalue weighted by Gasteiger charge is -2.23. The molecule has 1 aliphatic rings. The summed E-state index contributed by atoms with van der Waals surface area (Å²) in [6, 6.07) is 10.7. The molecule has 0 amide bonds. The van der Waals surface area contributed by atoms with Gasteiger partial charge in [-0.1, -0.05) is 29.8 Å². The van der Waals surface area contributed by atoms with Gasteiger partial charge in [0.05, 0.1) is 5.02 Å². The number of rotatable bonds is 5. The van der Waals surface area contributed by atoms with Crippen LogP contribution >= 0.6 is 11.6 Å². The molecule has 3 nitrogen and oxygen atoms in total. The van der Waals surface area contributed by atoms with Crippen molar-refractivity contribution in [2.75, 3.05) is 5.73 Å². The highest BCUT2D eigenvalue weighted by Crippen LogP contribution is 2.31. The molecular formula is C16H18ClN3. The number of halogens is 1. The van der Waals surface area contributed by atoms with E-state index in [9.17, 15) is 0 Å². The summed E-state index contributed by atoms with van der Waals surface area (Å²) < 4.78 is 0. The van der Waals surface area contributed by atoms with E-state index >= 15 is 0 Å². The first-order valence-electron chi connectivity index (χ1n) is 6.90. The number of anilines is 1. The van der Waals surface area contributed by atoms with Gasteiger partial charge < -0.3 is 5.73 Å². The smallest absolute Gasteiger partial charge is 0.0634 e. The number of aromatic nitrogens is 1. The molecule has 0 unspecified atom stereocenters. The van der Waals surface area contributed by atoms with Crippen molar-refractivity contribution in [3.8, 4) is 0 Å². The average molecular weight is 288 g/mol. The van der Waals surface area contributed by atoms with E-state index < -0.39 is 0 Å². The highest BCUT2D eigenvalue weighted by atomic mass is 35.5. The average Bonchev–Trinajstić information content (AvgIpc) is 3.27. The van der Waals surface area contributed by atoms with Gasteiger partial charge in [-0.2, -0.15) is 0 Å².